The number of aliphatic hydroxyl groups is 1. The molecule has 0 rings (SSSR count). The molecule has 0 aliphatic carbocycles. The predicted octanol–water partition coefficient (Wildman–Crippen LogP) is 4.79. The maximum Gasteiger partial charge on any atom is 0.303 e. The molecule has 0 aromatic carbocycles. The Bertz CT molecular complexity index is 302. The van der Waals surface area contributed by atoms with E-state index in [0.29, 0.717) is 6.61 Å². The summed E-state index contributed by atoms with van der Waals surface area (Å²) < 4.78 is 10.3. The van der Waals surface area contributed by atoms with Crippen molar-refractivity contribution in [3.63, 3.8) is 0 Å². The maximum atomic E-state index is 10.8. The van der Waals surface area contributed by atoms with Crippen LogP contribution in [-0.4, -0.2) is 37.0 Å². The van der Waals surface area contributed by atoms with Gasteiger partial charge in [0.2, 0.25) is 0 Å². The van der Waals surface area contributed by atoms with Gasteiger partial charge in [-0.25, -0.2) is 0 Å². The summed E-state index contributed by atoms with van der Waals surface area (Å²) in [5.41, 5.74) is 0. The molecule has 0 saturated carbocycles. The highest BCUT2D eigenvalue weighted by molar-refractivity contribution is 5.66. The van der Waals surface area contributed by atoms with Crippen LogP contribution in [0.5, 0.6) is 0 Å². The lowest BCUT2D eigenvalue weighted by atomic mass is 10.1. The molecule has 1 unspecified atom stereocenters. The average molecular weight is 343 g/mol. The van der Waals surface area contributed by atoms with Crippen LogP contribution in [0.25, 0.3) is 0 Å². The summed E-state index contributed by atoms with van der Waals surface area (Å²) in [6.45, 7) is 4.33. The third-order valence-corrected chi connectivity index (χ3v) is 3.89. The van der Waals surface area contributed by atoms with E-state index in [0.717, 1.165) is 6.42 Å². The normalized spacial score (nSPS) is 12.6. The molecule has 0 spiro atoms. The number of hydrogen-bond donors (Lipinski definition) is 1. The van der Waals surface area contributed by atoms with Crippen molar-refractivity contribution < 1.29 is 19.4 Å². The second-order valence-electron chi connectivity index (χ2n) is 6.37. The summed E-state index contributed by atoms with van der Waals surface area (Å²) in [6, 6.07) is 0. The Morgan fingerprint density at radius 2 is 1.54 bits per heavy atom. The molecule has 0 saturated heterocycles. The van der Waals surface area contributed by atoms with Gasteiger partial charge in [-0.1, -0.05) is 57.6 Å². The molecule has 0 heterocycles. The minimum Gasteiger partial charge on any atom is -0.458 e. The topological polar surface area (TPSA) is 55.8 Å². The number of aliphatic hydroxyl groups excluding tert-OH is 1. The first-order chi connectivity index (χ1) is 11.7. The van der Waals surface area contributed by atoms with Crippen LogP contribution in [0.15, 0.2) is 12.2 Å². The van der Waals surface area contributed by atoms with Gasteiger partial charge in [-0.2, -0.15) is 0 Å². The molecule has 0 amide bonds. The lowest BCUT2D eigenvalue weighted by Gasteiger charge is -2.14. The second kappa shape index (κ2) is 18.5. The standard InChI is InChI=1S/C20H38O4/c1-3-4-5-6-7-8-9-10-11-12-13-14-15-16-23-18-20(17-21)24-19(2)22/h7-8,20-21H,3-6,9-18H2,1-2H3/b8-7-. The highest BCUT2D eigenvalue weighted by Crippen LogP contribution is 2.08. The fourth-order valence-corrected chi connectivity index (χ4v) is 2.49. The molecule has 0 aromatic rings. The smallest absolute Gasteiger partial charge is 0.303 e. The van der Waals surface area contributed by atoms with Gasteiger partial charge in [0.25, 0.3) is 0 Å². The van der Waals surface area contributed by atoms with Gasteiger partial charge in [0, 0.05) is 13.5 Å². The van der Waals surface area contributed by atoms with E-state index in [1.165, 1.54) is 71.1 Å². The van der Waals surface area contributed by atoms with Crippen LogP contribution >= 0.6 is 0 Å². The van der Waals surface area contributed by atoms with E-state index in [9.17, 15) is 4.79 Å². The lowest BCUT2D eigenvalue weighted by molar-refractivity contribution is -0.152. The van der Waals surface area contributed by atoms with Gasteiger partial charge in [-0.05, 0) is 32.1 Å². The zero-order valence-electron chi connectivity index (χ0n) is 15.8. The van der Waals surface area contributed by atoms with E-state index in [2.05, 4.69) is 19.1 Å². The van der Waals surface area contributed by atoms with Crippen molar-refractivity contribution in [2.45, 2.75) is 90.6 Å². The molecule has 0 aliphatic rings. The summed E-state index contributed by atoms with van der Waals surface area (Å²) in [4.78, 5) is 10.8. The van der Waals surface area contributed by atoms with E-state index in [1.54, 1.807) is 0 Å². The van der Waals surface area contributed by atoms with Gasteiger partial charge < -0.3 is 14.6 Å². The van der Waals surface area contributed by atoms with Crippen molar-refractivity contribution in [3.8, 4) is 0 Å². The Morgan fingerprint density at radius 3 is 2.12 bits per heavy atom. The Hall–Kier alpha value is -0.870. The fourth-order valence-electron chi connectivity index (χ4n) is 2.49. The number of unbranched alkanes of at least 4 members (excludes halogenated alkanes) is 9. The van der Waals surface area contributed by atoms with E-state index in [-0.39, 0.29) is 19.2 Å². The summed E-state index contributed by atoms with van der Waals surface area (Å²) in [7, 11) is 0. The SMILES string of the molecule is CCCCC/C=C\CCCCCCCCOCC(CO)OC(C)=O. The Labute approximate surface area is 148 Å². The van der Waals surface area contributed by atoms with Gasteiger partial charge >= 0.3 is 5.97 Å². The maximum absolute atomic E-state index is 10.8. The van der Waals surface area contributed by atoms with Gasteiger partial charge in [0.05, 0.1) is 13.2 Å². The van der Waals surface area contributed by atoms with Crippen LogP contribution in [-0.2, 0) is 14.3 Å². The summed E-state index contributed by atoms with van der Waals surface area (Å²) in [6.07, 6.45) is 17.9. The molecule has 1 atom stereocenters. The Balaban J connectivity index is 3.23. The molecule has 0 aromatic heterocycles. The molecule has 0 fully saturated rings. The second-order valence-corrected chi connectivity index (χ2v) is 6.37. The third kappa shape index (κ3) is 17.5. The quantitative estimate of drug-likeness (QED) is 0.234. The first-order valence-corrected chi connectivity index (χ1v) is 9.71. The number of carbonyl (C=O) groups excluding carboxylic acids is 1. The monoisotopic (exact) mass is 342 g/mol. The molecular weight excluding hydrogens is 304 g/mol. The highest BCUT2D eigenvalue weighted by Gasteiger charge is 2.10. The summed E-state index contributed by atoms with van der Waals surface area (Å²) in [5.74, 6) is -0.381. The van der Waals surface area contributed by atoms with Crippen LogP contribution in [0.4, 0.5) is 0 Å². The number of carbonyl (C=O) groups is 1. The largest absolute Gasteiger partial charge is 0.458 e. The zero-order chi connectivity index (χ0) is 17.9. The number of rotatable bonds is 17. The minimum absolute atomic E-state index is 0.188. The molecular formula is C20H38O4. The van der Waals surface area contributed by atoms with E-state index >= 15 is 0 Å². The first-order valence-electron chi connectivity index (χ1n) is 9.71. The molecule has 1 N–H and O–H groups in total. The van der Waals surface area contributed by atoms with Crippen LogP contribution in [0.1, 0.15) is 84.5 Å². The first kappa shape index (κ1) is 23.1. The lowest BCUT2D eigenvalue weighted by Crippen LogP contribution is -2.26. The molecule has 4 nitrogen and oxygen atoms in total. The van der Waals surface area contributed by atoms with Crippen molar-refractivity contribution in [1.29, 1.82) is 0 Å². The van der Waals surface area contributed by atoms with Gasteiger partial charge in [-0.3, -0.25) is 4.79 Å². The van der Waals surface area contributed by atoms with Gasteiger partial charge in [-0.15, -0.1) is 0 Å². The Kier molecular flexibility index (Phi) is 17.8. The molecule has 0 radical (unpaired) electrons. The number of ether oxygens (including phenoxy) is 2. The number of hydrogen-bond acceptors (Lipinski definition) is 4. The molecule has 142 valence electrons. The third-order valence-electron chi connectivity index (χ3n) is 3.89. The van der Waals surface area contributed by atoms with Gasteiger partial charge in [0.15, 0.2) is 0 Å². The average Bonchev–Trinajstić information content (AvgIpc) is 2.56. The minimum atomic E-state index is -0.530. The van der Waals surface area contributed by atoms with Crippen LogP contribution in [0.2, 0.25) is 0 Å². The zero-order valence-corrected chi connectivity index (χ0v) is 15.8. The summed E-state index contributed by atoms with van der Waals surface area (Å²) in [5, 5.41) is 9.03. The summed E-state index contributed by atoms with van der Waals surface area (Å²) >= 11 is 0. The molecule has 0 bridgehead atoms. The van der Waals surface area contributed by atoms with Crippen LogP contribution in [0, 0.1) is 0 Å². The number of esters is 1. The fraction of sp³-hybridized carbons (Fsp3) is 0.850. The molecule has 0 aliphatic heterocycles. The van der Waals surface area contributed by atoms with Crippen LogP contribution < -0.4 is 0 Å². The predicted molar refractivity (Wildman–Crippen MR) is 99.1 cm³/mol. The van der Waals surface area contributed by atoms with Crippen LogP contribution in [0.3, 0.4) is 0 Å². The van der Waals surface area contributed by atoms with Crippen molar-refractivity contribution in [3.05, 3.63) is 12.2 Å². The van der Waals surface area contributed by atoms with E-state index in [1.807, 2.05) is 0 Å². The van der Waals surface area contributed by atoms with E-state index in [4.69, 9.17) is 14.6 Å². The number of allylic oxidation sites excluding steroid dienone is 2. The Morgan fingerprint density at radius 1 is 0.958 bits per heavy atom. The molecule has 24 heavy (non-hydrogen) atoms. The van der Waals surface area contributed by atoms with Crippen molar-refractivity contribution >= 4 is 5.97 Å². The molecule has 4 heteroatoms. The van der Waals surface area contributed by atoms with Gasteiger partial charge in [0.1, 0.15) is 6.10 Å². The van der Waals surface area contributed by atoms with Crippen molar-refractivity contribution in [1.82, 2.24) is 0 Å². The van der Waals surface area contributed by atoms with E-state index < -0.39 is 6.10 Å². The highest BCUT2D eigenvalue weighted by atomic mass is 16.6. The van der Waals surface area contributed by atoms with Crippen molar-refractivity contribution in [2.75, 3.05) is 19.8 Å². The van der Waals surface area contributed by atoms with Crippen molar-refractivity contribution in [2.24, 2.45) is 0 Å².